The Hall–Kier alpha value is -3.86. The average molecular weight is 522 g/mol. The number of nitrogens with zero attached hydrogens (tertiary/aromatic N) is 6. The third-order valence-corrected chi connectivity index (χ3v) is 7.61. The van der Waals surface area contributed by atoms with Gasteiger partial charge in [-0.05, 0) is 44.5 Å². The van der Waals surface area contributed by atoms with Gasteiger partial charge in [0, 0.05) is 48.8 Å². The second-order valence-corrected chi connectivity index (χ2v) is 10.0. The fraction of sp³-hybridized carbons (Fsp3) is 0.407. The first-order valence-corrected chi connectivity index (χ1v) is 12.8. The van der Waals surface area contributed by atoms with Crippen LogP contribution in [0.2, 0.25) is 0 Å². The van der Waals surface area contributed by atoms with Crippen molar-refractivity contribution in [2.45, 2.75) is 38.6 Å². The van der Waals surface area contributed by atoms with Crippen molar-refractivity contribution >= 4 is 17.2 Å². The van der Waals surface area contributed by atoms with E-state index in [1.165, 1.54) is 16.8 Å². The zero-order valence-corrected chi connectivity index (χ0v) is 21.5. The Morgan fingerprint density at radius 1 is 1.24 bits per heavy atom. The van der Waals surface area contributed by atoms with Gasteiger partial charge in [-0.3, -0.25) is 19.4 Å². The molecule has 1 amide bonds. The summed E-state index contributed by atoms with van der Waals surface area (Å²) in [6.45, 7) is 6.30. The van der Waals surface area contributed by atoms with Crippen LogP contribution in [0.4, 0.5) is 14.6 Å². The van der Waals surface area contributed by atoms with Crippen LogP contribution >= 0.6 is 0 Å². The van der Waals surface area contributed by atoms with Crippen molar-refractivity contribution in [1.82, 2.24) is 29.3 Å². The van der Waals surface area contributed by atoms with Gasteiger partial charge < -0.3 is 10.1 Å². The SMILES string of the molecule is CCN1CC[C@@H]1COc1cnn(C)c1-c1cc2cc(NC(=O)[C@@H]3C[C@@H]3c3ccc(F)c(C)n3)nn2cc1F. The lowest BCUT2D eigenvalue weighted by Crippen LogP contribution is -2.50. The zero-order chi connectivity index (χ0) is 26.6. The smallest absolute Gasteiger partial charge is 0.229 e. The Morgan fingerprint density at radius 2 is 2.08 bits per heavy atom. The summed E-state index contributed by atoms with van der Waals surface area (Å²) >= 11 is 0. The first kappa shape index (κ1) is 24.5. The summed E-state index contributed by atoms with van der Waals surface area (Å²) in [6.07, 6.45) is 4.61. The zero-order valence-electron chi connectivity index (χ0n) is 21.5. The van der Waals surface area contributed by atoms with E-state index in [0.29, 0.717) is 58.8 Å². The molecule has 4 aromatic rings. The molecule has 5 heterocycles. The summed E-state index contributed by atoms with van der Waals surface area (Å²) in [5.41, 5.74) is 2.52. The van der Waals surface area contributed by atoms with Gasteiger partial charge in [0.05, 0.1) is 23.6 Å². The van der Waals surface area contributed by atoms with Gasteiger partial charge in [-0.1, -0.05) is 6.92 Å². The molecule has 0 radical (unpaired) electrons. The fourth-order valence-electron chi connectivity index (χ4n) is 5.17. The van der Waals surface area contributed by atoms with E-state index in [-0.39, 0.29) is 23.6 Å². The number of ether oxygens (including phenoxy) is 1. The third-order valence-electron chi connectivity index (χ3n) is 7.61. The van der Waals surface area contributed by atoms with Gasteiger partial charge in [0.15, 0.2) is 17.4 Å². The molecule has 11 heteroatoms. The van der Waals surface area contributed by atoms with E-state index in [0.717, 1.165) is 19.5 Å². The summed E-state index contributed by atoms with van der Waals surface area (Å²) in [4.78, 5) is 19.4. The molecule has 6 rings (SSSR count). The van der Waals surface area contributed by atoms with Crippen molar-refractivity contribution in [3.8, 4) is 17.0 Å². The number of aromatic nitrogens is 5. The third kappa shape index (κ3) is 4.40. The molecule has 1 aliphatic carbocycles. The highest BCUT2D eigenvalue weighted by molar-refractivity contribution is 5.95. The number of fused-ring (bicyclic) bond motifs is 1. The van der Waals surface area contributed by atoms with Crippen molar-refractivity contribution in [3.63, 3.8) is 0 Å². The number of likely N-dealkylation sites (N-methyl/N-ethyl adjacent to an activating group) is 1. The minimum absolute atomic E-state index is 0.0528. The van der Waals surface area contributed by atoms with E-state index in [2.05, 4.69) is 32.3 Å². The molecule has 3 atom stereocenters. The summed E-state index contributed by atoms with van der Waals surface area (Å²) in [5, 5.41) is 11.5. The standard InChI is InChI=1S/C27H29F2N7O2/c1-4-35-8-7-16(35)14-38-24-12-30-34(3)26(24)20-9-17-10-25(33-36(17)13-22(20)29)32-27(37)19-11-18(19)23-6-5-21(28)15(2)31-23/h5-6,9-10,12-13,16,18-19H,4,7-8,11,14H2,1-3H3,(H,32,33,37)/t16-,18+,19-/m1/s1. The number of rotatable bonds is 8. The van der Waals surface area contributed by atoms with Crippen LogP contribution in [0, 0.1) is 24.5 Å². The molecule has 1 saturated heterocycles. The van der Waals surface area contributed by atoms with Gasteiger partial charge in [-0.15, -0.1) is 5.10 Å². The molecule has 1 aliphatic heterocycles. The number of carbonyl (C=O) groups excluding carboxylic acids is 1. The molecule has 0 spiro atoms. The second kappa shape index (κ2) is 9.46. The van der Waals surface area contributed by atoms with E-state index >= 15 is 4.39 Å². The Bertz CT molecular complexity index is 1530. The maximum absolute atomic E-state index is 15.3. The Morgan fingerprint density at radius 3 is 2.82 bits per heavy atom. The average Bonchev–Trinajstić information content (AvgIpc) is 3.46. The van der Waals surface area contributed by atoms with Crippen LogP contribution < -0.4 is 10.1 Å². The summed E-state index contributed by atoms with van der Waals surface area (Å²) in [5.74, 6) is -0.505. The number of hydrogen-bond acceptors (Lipinski definition) is 6. The van der Waals surface area contributed by atoms with E-state index in [1.54, 1.807) is 43.0 Å². The Balaban J connectivity index is 1.18. The summed E-state index contributed by atoms with van der Waals surface area (Å²) in [6, 6.07) is 6.73. The number of halogens is 2. The highest BCUT2D eigenvalue weighted by atomic mass is 19.1. The lowest BCUT2D eigenvalue weighted by Gasteiger charge is -2.39. The van der Waals surface area contributed by atoms with E-state index in [9.17, 15) is 9.18 Å². The first-order valence-electron chi connectivity index (χ1n) is 12.8. The quantitative estimate of drug-likeness (QED) is 0.378. The van der Waals surface area contributed by atoms with Crippen LogP contribution in [0.25, 0.3) is 16.8 Å². The molecule has 1 N–H and O–H groups in total. The topological polar surface area (TPSA) is 89.6 Å². The first-order chi connectivity index (χ1) is 18.3. The number of likely N-dealkylation sites (tertiary alicyclic amines) is 1. The lowest BCUT2D eigenvalue weighted by atomic mass is 10.0. The molecule has 4 aromatic heterocycles. The van der Waals surface area contributed by atoms with Crippen LogP contribution in [0.15, 0.2) is 36.7 Å². The van der Waals surface area contributed by atoms with Crippen LogP contribution in [0.5, 0.6) is 5.75 Å². The number of anilines is 1. The molecular formula is C27H29F2N7O2. The van der Waals surface area contributed by atoms with Crippen molar-refractivity contribution < 1.29 is 18.3 Å². The molecule has 0 unspecified atom stereocenters. The predicted octanol–water partition coefficient (Wildman–Crippen LogP) is 3.93. The minimum atomic E-state index is -0.481. The van der Waals surface area contributed by atoms with Gasteiger partial charge >= 0.3 is 0 Å². The predicted molar refractivity (Wildman–Crippen MR) is 137 cm³/mol. The van der Waals surface area contributed by atoms with E-state index in [1.807, 2.05) is 0 Å². The van der Waals surface area contributed by atoms with Crippen LogP contribution in [-0.4, -0.2) is 60.9 Å². The lowest BCUT2D eigenvalue weighted by molar-refractivity contribution is -0.117. The molecule has 2 fully saturated rings. The van der Waals surface area contributed by atoms with Crippen molar-refractivity contribution in [2.75, 3.05) is 25.0 Å². The Kier molecular flexibility index (Phi) is 6.10. The molecule has 38 heavy (non-hydrogen) atoms. The molecule has 2 aliphatic rings. The highest BCUT2D eigenvalue weighted by Crippen LogP contribution is 2.47. The molecule has 198 valence electrons. The summed E-state index contributed by atoms with van der Waals surface area (Å²) in [7, 11) is 1.75. The van der Waals surface area contributed by atoms with Crippen LogP contribution in [0.3, 0.4) is 0 Å². The molecular weight excluding hydrogens is 492 g/mol. The largest absolute Gasteiger partial charge is 0.488 e. The maximum atomic E-state index is 15.3. The van der Waals surface area contributed by atoms with Gasteiger partial charge in [0.2, 0.25) is 5.91 Å². The number of carbonyl (C=O) groups is 1. The monoisotopic (exact) mass is 521 g/mol. The molecule has 9 nitrogen and oxygen atoms in total. The van der Waals surface area contributed by atoms with Crippen molar-refractivity contribution in [1.29, 1.82) is 0 Å². The summed E-state index contributed by atoms with van der Waals surface area (Å²) < 4.78 is 37.9. The maximum Gasteiger partial charge on any atom is 0.229 e. The van der Waals surface area contributed by atoms with Crippen molar-refractivity contribution in [2.24, 2.45) is 13.0 Å². The van der Waals surface area contributed by atoms with Gasteiger partial charge in [0.25, 0.3) is 0 Å². The van der Waals surface area contributed by atoms with Gasteiger partial charge in [0.1, 0.15) is 18.1 Å². The molecule has 0 aromatic carbocycles. The highest BCUT2D eigenvalue weighted by Gasteiger charge is 2.45. The molecule has 0 bridgehead atoms. The Labute approximate surface area is 218 Å². The van der Waals surface area contributed by atoms with E-state index < -0.39 is 5.82 Å². The number of hydrogen-bond donors (Lipinski definition) is 1. The number of amides is 1. The number of nitrogens with one attached hydrogen (secondary N) is 1. The molecule has 1 saturated carbocycles. The van der Waals surface area contributed by atoms with E-state index in [4.69, 9.17) is 4.74 Å². The van der Waals surface area contributed by atoms with Crippen LogP contribution in [0.1, 0.15) is 37.1 Å². The number of aryl methyl sites for hydroxylation is 2. The van der Waals surface area contributed by atoms with Crippen molar-refractivity contribution in [3.05, 3.63) is 59.7 Å². The normalized spacial score (nSPS) is 20.9. The number of pyridine rings is 2. The fourth-order valence-corrected chi connectivity index (χ4v) is 5.17. The van der Waals surface area contributed by atoms with Gasteiger partial charge in [-0.25, -0.2) is 13.3 Å². The van der Waals surface area contributed by atoms with Crippen LogP contribution in [-0.2, 0) is 11.8 Å². The van der Waals surface area contributed by atoms with Gasteiger partial charge in [-0.2, -0.15) is 5.10 Å². The second-order valence-electron chi connectivity index (χ2n) is 10.0. The minimum Gasteiger partial charge on any atom is -0.488 e.